The van der Waals surface area contributed by atoms with E-state index in [0.717, 1.165) is 35.2 Å². The van der Waals surface area contributed by atoms with Gasteiger partial charge in [-0.05, 0) is 24.6 Å². The molecule has 2 rings (SSSR count). The first-order valence-electron chi connectivity index (χ1n) is 6.40. The van der Waals surface area contributed by atoms with Crippen molar-refractivity contribution in [3.63, 3.8) is 0 Å². The Morgan fingerprint density at radius 3 is 3.00 bits per heavy atom. The molecular formula is C14H18BrN3O. The number of benzene rings is 1. The van der Waals surface area contributed by atoms with Gasteiger partial charge in [0.2, 0.25) is 0 Å². The van der Waals surface area contributed by atoms with E-state index in [9.17, 15) is 5.11 Å². The summed E-state index contributed by atoms with van der Waals surface area (Å²) in [5.41, 5.74) is 0.927. The fraction of sp³-hybridized carbons (Fsp3) is 0.357. The van der Waals surface area contributed by atoms with Gasteiger partial charge in [0.1, 0.15) is 11.6 Å². The number of imidazole rings is 1. The third kappa shape index (κ3) is 3.81. The highest BCUT2D eigenvalue weighted by Gasteiger charge is 2.13. The standard InChI is InChI=1S/C14H18BrN3O/c1-2-12(11-9-10(15)3-4-13(11)19)16-6-5-14-17-7-8-18-14/h3-4,7-9,12,16,19H,2,5-6H2,1H3,(H,17,18). The zero-order chi connectivity index (χ0) is 13.7. The molecule has 1 aromatic heterocycles. The minimum atomic E-state index is 0.146. The molecular weight excluding hydrogens is 306 g/mol. The third-order valence-electron chi connectivity index (χ3n) is 3.08. The maximum absolute atomic E-state index is 9.94. The number of nitrogens with one attached hydrogen (secondary N) is 2. The van der Waals surface area contributed by atoms with E-state index in [1.165, 1.54) is 0 Å². The molecule has 0 spiro atoms. The van der Waals surface area contributed by atoms with E-state index in [2.05, 4.69) is 38.1 Å². The fourth-order valence-corrected chi connectivity index (χ4v) is 2.46. The number of H-pyrrole nitrogens is 1. The molecule has 0 saturated carbocycles. The minimum Gasteiger partial charge on any atom is -0.508 e. The second-order valence-electron chi connectivity index (χ2n) is 4.40. The lowest BCUT2D eigenvalue weighted by atomic mass is 10.0. The summed E-state index contributed by atoms with van der Waals surface area (Å²) >= 11 is 3.44. The average molecular weight is 324 g/mol. The van der Waals surface area contributed by atoms with Crippen molar-refractivity contribution in [2.24, 2.45) is 0 Å². The molecule has 1 atom stereocenters. The first kappa shape index (κ1) is 14.1. The van der Waals surface area contributed by atoms with E-state index in [4.69, 9.17) is 0 Å². The number of halogens is 1. The Labute approximate surface area is 121 Å². The predicted molar refractivity (Wildman–Crippen MR) is 79.1 cm³/mol. The third-order valence-corrected chi connectivity index (χ3v) is 3.57. The van der Waals surface area contributed by atoms with Crippen LogP contribution in [0.25, 0.3) is 0 Å². The first-order valence-corrected chi connectivity index (χ1v) is 7.20. The Bertz CT molecular complexity index is 513. The van der Waals surface area contributed by atoms with Crippen molar-refractivity contribution in [3.8, 4) is 5.75 Å². The zero-order valence-corrected chi connectivity index (χ0v) is 12.4. The number of hydrogen-bond acceptors (Lipinski definition) is 3. The molecule has 0 radical (unpaired) electrons. The number of phenolic OH excluding ortho intramolecular Hbond substituents is 1. The predicted octanol–water partition coefficient (Wildman–Crippen LogP) is 3.16. The molecule has 0 aliphatic rings. The smallest absolute Gasteiger partial charge is 0.120 e. The molecule has 0 aliphatic carbocycles. The summed E-state index contributed by atoms with van der Waals surface area (Å²) in [5, 5.41) is 13.4. The monoisotopic (exact) mass is 323 g/mol. The molecule has 5 heteroatoms. The second kappa shape index (κ2) is 6.73. The summed E-state index contributed by atoms with van der Waals surface area (Å²) < 4.78 is 0.978. The number of hydrogen-bond donors (Lipinski definition) is 3. The Kier molecular flexibility index (Phi) is 4.99. The van der Waals surface area contributed by atoms with Crippen LogP contribution >= 0.6 is 15.9 Å². The van der Waals surface area contributed by atoms with Gasteiger partial charge in [-0.1, -0.05) is 22.9 Å². The van der Waals surface area contributed by atoms with Crippen LogP contribution in [0.15, 0.2) is 35.1 Å². The van der Waals surface area contributed by atoms with Gasteiger partial charge in [-0.3, -0.25) is 0 Å². The van der Waals surface area contributed by atoms with E-state index in [-0.39, 0.29) is 6.04 Å². The van der Waals surface area contributed by atoms with Crippen molar-refractivity contribution in [1.82, 2.24) is 15.3 Å². The number of aromatic hydroxyl groups is 1. The molecule has 1 aromatic carbocycles. The van der Waals surface area contributed by atoms with E-state index >= 15 is 0 Å². The van der Waals surface area contributed by atoms with Crippen molar-refractivity contribution < 1.29 is 5.11 Å². The van der Waals surface area contributed by atoms with Crippen molar-refractivity contribution in [3.05, 3.63) is 46.5 Å². The highest BCUT2D eigenvalue weighted by molar-refractivity contribution is 9.10. The zero-order valence-electron chi connectivity index (χ0n) is 10.9. The van der Waals surface area contributed by atoms with Gasteiger partial charge >= 0.3 is 0 Å². The van der Waals surface area contributed by atoms with Crippen LogP contribution in [0.1, 0.15) is 30.8 Å². The summed E-state index contributed by atoms with van der Waals surface area (Å²) in [6.07, 6.45) is 5.35. The van der Waals surface area contributed by atoms with Crippen molar-refractivity contribution in [1.29, 1.82) is 0 Å². The lowest BCUT2D eigenvalue weighted by molar-refractivity contribution is 0.441. The molecule has 0 saturated heterocycles. The molecule has 1 heterocycles. The Morgan fingerprint density at radius 2 is 2.32 bits per heavy atom. The molecule has 0 bridgehead atoms. The lowest BCUT2D eigenvalue weighted by Crippen LogP contribution is -2.23. The Balaban J connectivity index is 1.97. The van der Waals surface area contributed by atoms with Crippen molar-refractivity contribution in [2.45, 2.75) is 25.8 Å². The van der Waals surface area contributed by atoms with Gasteiger partial charge in [0.15, 0.2) is 0 Å². The minimum absolute atomic E-state index is 0.146. The highest BCUT2D eigenvalue weighted by Crippen LogP contribution is 2.29. The summed E-state index contributed by atoms with van der Waals surface area (Å²) in [5.74, 6) is 1.31. The van der Waals surface area contributed by atoms with Gasteiger partial charge in [0.25, 0.3) is 0 Å². The van der Waals surface area contributed by atoms with Crippen molar-refractivity contribution in [2.75, 3.05) is 6.54 Å². The van der Waals surface area contributed by atoms with Gasteiger partial charge in [0, 0.05) is 41.4 Å². The van der Waals surface area contributed by atoms with Gasteiger partial charge in [-0.15, -0.1) is 0 Å². The van der Waals surface area contributed by atoms with Gasteiger partial charge in [-0.2, -0.15) is 0 Å². The van der Waals surface area contributed by atoms with Crippen LogP contribution < -0.4 is 5.32 Å². The van der Waals surface area contributed by atoms with Crippen LogP contribution in [0.5, 0.6) is 5.75 Å². The number of aromatic nitrogens is 2. The average Bonchev–Trinajstić information content (AvgIpc) is 2.91. The van der Waals surface area contributed by atoms with Crippen molar-refractivity contribution >= 4 is 15.9 Å². The fourth-order valence-electron chi connectivity index (χ4n) is 2.08. The van der Waals surface area contributed by atoms with Gasteiger partial charge in [-0.25, -0.2) is 4.98 Å². The van der Waals surface area contributed by atoms with Gasteiger partial charge in [0.05, 0.1) is 0 Å². The lowest BCUT2D eigenvalue weighted by Gasteiger charge is -2.18. The number of aromatic amines is 1. The second-order valence-corrected chi connectivity index (χ2v) is 5.32. The molecule has 0 fully saturated rings. The summed E-state index contributed by atoms with van der Waals surface area (Å²) in [6.45, 7) is 2.92. The quantitative estimate of drug-likeness (QED) is 0.765. The SMILES string of the molecule is CCC(NCCc1ncc[nH]1)c1cc(Br)ccc1O. The number of nitrogens with zero attached hydrogens (tertiary/aromatic N) is 1. The summed E-state index contributed by atoms with van der Waals surface area (Å²) in [4.78, 5) is 7.27. The van der Waals surface area contributed by atoms with E-state index in [0.29, 0.717) is 5.75 Å². The van der Waals surface area contributed by atoms with Crippen LogP contribution in [0, 0.1) is 0 Å². The van der Waals surface area contributed by atoms with E-state index in [1.807, 2.05) is 18.3 Å². The number of phenols is 1. The number of rotatable bonds is 6. The first-order chi connectivity index (χ1) is 9.20. The normalized spacial score (nSPS) is 12.5. The molecule has 3 N–H and O–H groups in total. The maximum atomic E-state index is 9.94. The molecule has 0 aliphatic heterocycles. The summed E-state index contributed by atoms with van der Waals surface area (Å²) in [6, 6.07) is 5.67. The molecule has 102 valence electrons. The van der Waals surface area contributed by atoms with Crippen LogP contribution in [0.2, 0.25) is 0 Å². The van der Waals surface area contributed by atoms with Crippen LogP contribution in [-0.4, -0.2) is 21.6 Å². The maximum Gasteiger partial charge on any atom is 0.120 e. The van der Waals surface area contributed by atoms with Gasteiger partial charge < -0.3 is 15.4 Å². The Morgan fingerprint density at radius 1 is 1.47 bits per heavy atom. The van der Waals surface area contributed by atoms with E-state index < -0.39 is 0 Å². The summed E-state index contributed by atoms with van der Waals surface area (Å²) in [7, 11) is 0. The Hall–Kier alpha value is -1.33. The topological polar surface area (TPSA) is 60.9 Å². The van der Waals surface area contributed by atoms with Crippen LogP contribution in [-0.2, 0) is 6.42 Å². The molecule has 4 nitrogen and oxygen atoms in total. The largest absolute Gasteiger partial charge is 0.508 e. The molecule has 1 unspecified atom stereocenters. The van der Waals surface area contributed by atoms with Crippen LogP contribution in [0.3, 0.4) is 0 Å². The van der Waals surface area contributed by atoms with Crippen LogP contribution in [0.4, 0.5) is 0 Å². The molecule has 0 amide bonds. The molecule has 19 heavy (non-hydrogen) atoms. The molecule has 2 aromatic rings. The van der Waals surface area contributed by atoms with E-state index in [1.54, 1.807) is 12.3 Å². The highest BCUT2D eigenvalue weighted by atomic mass is 79.9.